The predicted octanol–water partition coefficient (Wildman–Crippen LogP) is 4.55. The van der Waals surface area contributed by atoms with Crippen molar-refractivity contribution in [3.63, 3.8) is 0 Å². The molecule has 0 N–H and O–H groups in total. The Hall–Kier alpha value is -2.14. The molecule has 0 bridgehead atoms. The Balaban J connectivity index is 2.18. The number of halogens is 3. The first kappa shape index (κ1) is 12.9. The van der Waals surface area contributed by atoms with Crippen LogP contribution in [0.25, 0.3) is 10.1 Å². The highest BCUT2D eigenvalue weighted by molar-refractivity contribution is 7.17. The van der Waals surface area contributed by atoms with E-state index in [4.69, 9.17) is 0 Å². The van der Waals surface area contributed by atoms with Gasteiger partial charge in [0.15, 0.2) is 23.2 Å². The Morgan fingerprint density at radius 1 is 0.900 bits per heavy atom. The molecule has 0 atom stereocenters. The molecule has 0 aliphatic rings. The lowest BCUT2D eigenvalue weighted by atomic mass is 10.0. The molecule has 100 valence electrons. The number of hydrogen-bond acceptors (Lipinski definition) is 2. The number of ketones is 1. The molecule has 5 heteroatoms. The monoisotopic (exact) mass is 292 g/mol. The Labute approximate surface area is 116 Å². The molecule has 1 nitrogen and oxygen atoms in total. The van der Waals surface area contributed by atoms with E-state index in [0.29, 0.717) is 4.70 Å². The van der Waals surface area contributed by atoms with Crippen molar-refractivity contribution in [3.05, 3.63) is 70.4 Å². The molecular weight excluding hydrogens is 285 g/mol. The van der Waals surface area contributed by atoms with E-state index < -0.39 is 28.8 Å². The van der Waals surface area contributed by atoms with Gasteiger partial charge in [-0.25, -0.2) is 13.2 Å². The summed E-state index contributed by atoms with van der Waals surface area (Å²) in [5.74, 6) is -5.06. The van der Waals surface area contributed by atoms with E-state index in [-0.39, 0.29) is 5.56 Å². The van der Waals surface area contributed by atoms with Crippen LogP contribution < -0.4 is 0 Å². The van der Waals surface area contributed by atoms with E-state index in [1.807, 2.05) is 17.5 Å². The van der Waals surface area contributed by atoms with Crippen molar-refractivity contribution < 1.29 is 18.0 Å². The zero-order valence-corrected chi connectivity index (χ0v) is 10.8. The summed E-state index contributed by atoms with van der Waals surface area (Å²) in [6.07, 6.45) is 0. The van der Waals surface area contributed by atoms with Gasteiger partial charge in [-0.2, -0.15) is 0 Å². The van der Waals surface area contributed by atoms with Gasteiger partial charge in [0.1, 0.15) is 0 Å². The van der Waals surface area contributed by atoms with Crippen LogP contribution >= 0.6 is 11.3 Å². The molecule has 20 heavy (non-hydrogen) atoms. The summed E-state index contributed by atoms with van der Waals surface area (Å²) in [5.41, 5.74) is -0.188. The van der Waals surface area contributed by atoms with E-state index in [1.54, 1.807) is 12.1 Å². The number of thiophene rings is 1. The maximum Gasteiger partial charge on any atom is 0.197 e. The van der Waals surface area contributed by atoms with Crippen molar-refractivity contribution in [1.29, 1.82) is 0 Å². The highest BCUT2D eigenvalue weighted by Gasteiger charge is 2.21. The first-order valence-electron chi connectivity index (χ1n) is 5.74. The molecule has 0 aliphatic heterocycles. The normalized spacial score (nSPS) is 10.9. The van der Waals surface area contributed by atoms with Crippen molar-refractivity contribution >= 4 is 27.2 Å². The number of hydrogen-bond donors (Lipinski definition) is 0. The summed E-state index contributed by atoms with van der Waals surface area (Å²) in [6, 6.07) is 8.58. The van der Waals surface area contributed by atoms with Gasteiger partial charge in [-0.1, -0.05) is 12.1 Å². The number of benzene rings is 2. The molecule has 1 aromatic heterocycles. The fraction of sp³-hybridized carbons (Fsp3) is 0. The van der Waals surface area contributed by atoms with Crippen LogP contribution in [0.1, 0.15) is 15.9 Å². The van der Waals surface area contributed by atoms with Gasteiger partial charge in [-0.15, -0.1) is 11.3 Å². The third kappa shape index (κ3) is 1.91. The van der Waals surface area contributed by atoms with Crippen LogP contribution in [0.2, 0.25) is 0 Å². The molecule has 0 amide bonds. The molecule has 1 heterocycles. The van der Waals surface area contributed by atoms with Crippen molar-refractivity contribution in [2.45, 2.75) is 0 Å². The molecule has 0 radical (unpaired) electrons. The van der Waals surface area contributed by atoms with Gasteiger partial charge in [0.05, 0.1) is 5.56 Å². The van der Waals surface area contributed by atoms with Crippen LogP contribution in [-0.2, 0) is 0 Å². The van der Waals surface area contributed by atoms with E-state index >= 15 is 0 Å². The summed E-state index contributed by atoms with van der Waals surface area (Å²) >= 11 is 1.34. The third-order valence-corrected chi connectivity index (χ3v) is 3.97. The molecule has 0 saturated heterocycles. The Morgan fingerprint density at radius 3 is 2.50 bits per heavy atom. The fourth-order valence-corrected chi connectivity index (χ4v) is 2.93. The van der Waals surface area contributed by atoms with Crippen LogP contribution in [0.5, 0.6) is 0 Å². The molecule has 0 saturated carbocycles. The van der Waals surface area contributed by atoms with Crippen LogP contribution in [-0.4, -0.2) is 5.78 Å². The minimum Gasteiger partial charge on any atom is -0.288 e. The second-order valence-corrected chi connectivity index (χ2v) is 5.11. The van der Waals surface area contributed by atoms with Crippen LogP contribution in [0.3, 0.4) is 0 Å². The first-order chi connectivity index (χ1) is 9.59. The number of carbonyl (C=O) groups excluding carboxylic acids is 1. The lowest BCUT2D eigenvalue weighted by Crippen LogP contribution is -2.07. The van der Waals surface area contributed by atoms with E-state index in [2.05, 4.69) is 0 Å². The van der Waals surface area contributed by atoms with Gasteiger partial charge >= 0.3 is 0 Å². The van der Waals surface area contributed by atoms with Crippen LogP contribution in [0, 0.1) is 17.5 Å². The summed E-state index contributed by atoms with van der Waals surface area (Å²) < 4.78 is 40.5. The lowest BCUT2D eigenvalue weighted by molar-refractivity contribution is 0.103. The molecule has 0 unspecified atom stereocenters. The quantitative estimate of drug-likeness (QED) is 0.500. The van der Waals surface area contributed by atoms with Gasteiger partial charge in [0.2, 0.25) is 0 Å². The lowest BCUT2D eigenvalue weighted by Gasteiger charge is -2.05. The maximum absolute atomic E-state index is 13.7. The smallest absolute Gasteiger partial charge is 0.197 e. The molecule has 0 aliphatic carbocycles. The SMILES string of the molecule is O=C(c1ccc(F)c(F)c1F)c1cccc2ccsc12. The Bertz CT molecular complexity index is 823. The maximum atomic E-state index is 13.7. The predicted molar refractivity (Wildman–Crippen MR) is 71.6 cm³/mol. The zero-order chi connectivity index (χ0) is 14.3. The zero-order valence-electron chi connectivity index (χ0n) is 9.99. The molecular formula is C15H7F3OS. The number of fused-ring (bicyclic) bond motifs is 1. The van der Waals surface area contributed by atoms with Crippen molar-refractivity contribution in [2.24, 2.45) is 0 Å². The van der Waals surface area contributed by atoms with Crippen molar-refractivity contribution in [2.75, 3.05) is 0 Å². The molecule has 3 aromatic rings. The second-order valence-electron chi connectivity index (χ2n) is 4.20. The van der Waals surface area contributed by atoms with E-state index in [1.165, 1.54) is 11.3 Å². The Morgan fingerprint density at radius 2 is 1.70 bits per heavy atom. The first-order valence-corrected chi connectivity index (χ1v) is 6.62. The van der Waals surface area contributed by atoms with Gasteiger partial charge in [-0.3, -0.25) is 4.79 Å². The topological polar surface area (TPSA) is 17.1 Å². The summed E-state index contributed by atoms with van der Waals surface area (Å²) in [6.45, 7) is 0. The Kier molecular flexibility index (Phi) is 3.06. The molecule has 2 aromatic carbocycles. The van der Waals surface area contributed by atoms with Crippen molar-refractivity contribution in [3.8, 4) is 0 Å². The minimum absolute atomic E-state index is 0.280. The summed E-state index contributed by atoms with van der Waals surface area (Å²) in [7, 11) is 0. The van der Waals surface area contributed by atoms with E-state index in [9.17, 15) is 18.0 Å². The third-order valence-electron chi connectivity index (χ3n) is 3.00. The molecule has 3 rings (SSSR count). The van der Waals surface area contributed by atoms with Crippen LogP contribution in [0.4, 0.5) is 13.2 Å². The number of rotatable bonds is 2. The van der Waals surface area contributed by atoms with Gasteiger partial charge in [0, 0.05) is 10.3 Å². The standard InChI is InChI=1S/C15H7F3OS/c16-11-5-4-9(12(17)13(11)18)14(19)10-3-1-2-8-6-7-20-15(8)10/h1-7H. The fourth-order valence-electron chi connectivity index (χ4n) is 2.02. The highest BCUT2D eigenvalue weighted by atomic mass is 32.1. The highest BCUT2D eigenvalue weighted by Crippen LogP contribution is 2.27. The average molecular weight is 292 g/mol. The summed E-state index contributed by atoms with van der Waals surface area (Å²) in [4.78, 5) is 12.3. The van der Waals surface area contributed by atoms with E-state index in [0.717, 1.165) is 17.5 Å². The average Bonchev–Trinajstić information content (AvgIpc) is 2.92. The van der Waals surface area contributed by atoms with Gasteiger partial charge < -0.3 is 0 Å². The van der Waals surface area contributed by atoms with Gasteiger partial charge in [0.25, 0.3) is 0 Å². The second kappa shape index (κ2) is 4.76. The van der Waals surface area contributed by atoms with Crippen molar-refractivity contribution in [1.82, 2.24) is 0 Å². The summed E-state index contributed by atoms with van der Waals surface area (Å²) in [5, 5.41) is 2.66. The minimum atomic E-state index is -1.63. The molecule has 0 spiro atoms. The molecule has 0 fully saturated rings. The van der Waals surface area contributed by atoms with Gasteiger partial charge in [-0.05, 0) is 35.0 Å². The largest absolute Gasteiger partial charge is 0.288 e. The number of carbonyl (C=O) groups is 1. The van der Waals surface area contributed by atoms with Crippen LogP contribution in [0.15, 0.2) is 41.8 Å².